The predicted molar refractivity (Wildman–Crippen MR) is 94.7 cm³/mol. The van der Waals surface area contributed by atoms with Crippen molar-refractivity contribution in [3.8, 4) is 17.7 Å². The van der Waals surface area contributed by atoms with E-state index in [0.717, 1.165) is 43.3 Å². The number of benzene rings is 1. The van der Waals surface area contributed by atoms with Crippen LogP contribution in [0.2, 0.25) is 0 Å². The number of nitrogens with zero attached hydrogens (tertiary/aromatic N) is 4. The van der Waals surface area contributed by atoms with Crippen molar-refractivity contribution in [2.45, 2.75) is 25.8 Å². The van der Waals surface area contributed by atoms with Crippen LogP contribution in [-0.4, -0.2) is 41.5 Å². The van der Waals surface area contributed by atoms with E-state index in [9.17, 15) is 0 Å². The number of likely N-dealkylation sites (tertiary alicyclic amines) is 1. The molecule has 0 amide bonds. The lowest BCUT2D eigenvalue weighted by Crippen LogP contribution is -2.28. The number of methoxy groups -OCH3 is 1. The van der Waals surface area contributed by atoms with Gasteiger partial charge in [0.1, 0.15) is 12.4 Å². The van der Waals surface area contributed by atoms with E-state index in [4.69, 9.17) is 14.7 Å². The fourth-order valence-corrected chi connectivity index (χ4v) is 3.64. The van der Waals surface area contributed by atoms with Gasteiger partial charge < -0.3 is 9.47 Å². The minimum absolute atomic E-state index is 0.317. The zero-order chi connectivity index (χ0) is 17.8. The number of nitriles is 1. The van der Waals surface area contributed by atoms with Crippen LogP contribution in [0.5, 0.6) is 11.6 Å². The highest BCUT2D eigenvalue weighted by Crippen LogP contribution is 2.38. The summed E-state index contributed by atoms with van der Waals surface area (Å²) in [5, 5.41) is 13.5. The molecule has 0 N–H and O–H groups in total. The van der Waals surface area contributed by atoms with Crippen molar-refractivity contribution in [1.82, 2.24) is 14.7 Å². The highest BCUT2D eigenvalue weighted by molar-refractivity contribution is 5.36. The molecule has 6 heteroatoms. The number of hydrogen-bond acceptors (Lipinski definition) is 5. The van der Waals surface area contributed by atoms with Crippen LogP contribution in [0.1, 0.15) is 35.7 Å². The van der Waals surface area contributed by atoms with Gasteiger partial charge in [-0.3, -0.25) is 4.90 Å². The van der Waals surface area contributed by atoms with Crippen molar-refractivity contribution < 1.29 is 9.47 Å². The Labute approximate surface area is 148 Å². The summed E-state index contributed by atoms with van der Waals surface area (Å²) in [4.78, 5) is 2.43. The second-order valence-electron chi connectivity index (χ2n) is 6.31. The van der Waals surface area contributed by atoms with E-state index in [-0.39, 0.29) is 0 Å². The first-order valence-corrected chi connectivity index (χ1v) is 8.58. The summed E-state index contributed by atoms with van der Waals surface area (Å²) in [6, 6.07) is 9.73. The van der Waals surface area contributed by atoms with Crippen molar-refractivity contribution in [3.63, 3.8) is 0 Å². The molecule has 2 aromatic rings. The largest absolute Gasteiger partial charge is 0.492 e. The fraction of sp³-hybridized carbons (Fsp3) is 0.474. The molecule has 1 saturated heterocycles. The van der Waals surface area contributed by atoms with E-state index < -0.39 is 0 Å². The van der Waals surface area contributed by atoms with Crippen LogP contribution in [0.4, 0.5) is 0 Å². The molecule has 25 heavy (non-hydrogen) atoms. The third kappa shape index (κ3) is 3.62. The molecule has 1 aliphatic rings. The molecule has 0 bridgehead atoms. The van der Waals surface area contributed by atoms with E-state index in [0.29, 0.717) is 18.2 Å². The summed E-state index contributed by atoms with van der Waals surface area (Å²) in [6.45, 7) is 4.51. The van der Waals surface area contributed by atoms with Gasteiger partial charge in [0.25, 0.3) is 0 Å². The Balaban J connectivity index is 1.66. The van der Waals surface area contributed by atoms with E-state index in [2.05, 4.69) is 16.1 Å². The van der Waals surface area contributed by atoms with E-state index >= 15 is 0 Å². The minimum atomic E-state index is 0.317. The third-order valence-electron chi connectivity index (χ3n) is 4.71. The number of ether oxygens (including phenoxy) is 2. The minimum Gasteiger partial charge on any atom is -0.492 e. The van der Waals surface area contributed by atoms with Crippen LogP contribution < -0.4 is 9.47 Å². The van der Waals surface area contributed by atoms with Crippen molar-refractivity contribution in [2.24, 2.45) is 7.05 Å². The summed E-state index contributed by atoms with van der Waals surface area (Å²) >= 11 is 0. The van der Waals surface area contributed by atoms with Crippen LogP contribution in [0.3, 0.4) is 0 Å². The lowest BCUT2D eigenvalue weighted by Gasteiger charge is -2.25. The molecule has 2 heterocycles. The molecule has 0 unspecified atom stereocenters. The zero-order valence-corrected chi connectivity index (χ0v) is 15.0. The van der Waals surface area contributed by atoms with Gasteiger partial charge in [0, 0.05) is 19.6 Å². The van der Waals surface area contributed by atoms with Crippen molar-refractivity contribution in [1.29, 1.82) is 5.26 Å². The molecule has 1 fully saturated rings. The van der Waals surface area contributed by atoms with Gasteiger partial charge in [-0.15, -0.1) is 0 Å². The van der Waals surface area contributed by atoms with Crippen LogP contribution in [-0.2, 0) is 7.05 Å². The Morgan fingerprint density at radius 2 is 2.24 bits per heavy atom. The molecule has 0 spiro atoms. The number of aromatic nitrogens is 2. The first kappa shape index (κ1) is 17.3. The van der Waals surface area contributed by atoms with Gasteiger partial charge in [-0.05, 0) is 44.5 Å². The molecule has 0 radical (unpaired) electrons. The monoisotopic (exact) mass is 340 g/mol. The predicted octanol–water partition coefficient (Wildman–Crippen LogP) is 2.82. The van der Waals surface area contributed by atoms with Crippen LogP contribution in [0.15, 0.2) is 24.3 Å². The standard InChI is InChI=1S/C19H24N4O2/c1-14-18(19(24-3)22(2)21-14)17-8-5-9-23(17)10-11-25-16-7-4-6-15(12-16)13-20/h4,6-7,12,17H,5,8-11H2,1-3H3/t17-/m0/s1. The second kappa shape index (κ2) is 7.58. The molecule has 1 aromatic heterocycles. The van der Waals surface area contributed by atoms with Crippen molar-refractivity contribution in [2.75, 3.05) is 26.8 Å². The third-order valence-corrected chi connectivity index (χ3v) is 4.71. The van der Waals surface area contributed by atoms with Crippen LogP contribution in [0.25, 0.3) is 0 Å². The summed E-state index contributed by atoms with van der Waals surface area (Å²) in [6.07, 6.45) is 2.26. The Kier molecular flexibility index (Phi) is 5.25. The van der Waals surface area contributed by atoms with Gasteiger partial charge in [-0.25, -0.2) is 4.68 Å². The highest BCUT2D eigenvalue weighted by atomic mass is 16.5. The van der Waals surface area contributed by atoms with Gasteiger partial charge in [-0.2, -0.15) is 10.4 Å². The first-order chi connectivity index (χ1) is 12.1. The molecule has 1 aromatic carbocycles. The Bertz CT molecular complexity index is 778. The average molecular weight is 340 g/mol. The normalized spacial score (nSPS) is 17.4. The van der Waals surface area contributed by atoms with Gasteiger partial charge >= 0.3 is 0 Å². The molecule has 3 rings (SSSR count). The van der Waals surface area contributed by atoms with E-state index in [1.54, 1.807) is 19.2 Å². The maximum atomic E-state index is 8.96. The molecule has 1 atom stereocenters. The maximum Gasteiger partial charge on any atom is 0.216 e. The Morgan fingerprint density at radius 1 is 1.40 bits per heavy atom. The summed E-state index contributed by atoms with van der Waals surface area (Å²) < 4.78 is 13.2. The van der Waals surface area contributed by atoms with Crippen molar-refractivity contribution >= 4 is 0 Å². The molecular formula is C19H24N4O2. The first-order valence-electron chi connectivity index (χ1n) is 8.58. The number of aryl methyl sites for hydroxylation is 2. The molecular weight excluding hydrogens is 316 g/mol. The van der Waals surface area contributed by atoms with E-state index in [1.165, 1.54) is 5.56 Å². The lowest BCUT2D eigenvalue weighted by atomic mass is 10.1. The van der Waals surface area contributed by atoms with E-state index in [1.807, 2.05) is 30.8 Å². The van der Waals surface area contributed by atoms with Gasteiger partial charge in [0.2, 0.25) is 5.88 Å². The molecule has 132 valence electrons. The topological polar surface area (TPSA) is 63.3 Å². The smallest absolute Gasteiger partial charge is 0.216 e. The molecule has 1 aliphatic heterocycles. The Hall–Kier alpha value is -2.52. The summed E-state index contributed by atoms with van der Waals surface area (Å²) in [5.74, 6) is 1.59. The second-order valence-corrected chi connectivity index (χ2v) is 6.31. The zero-order valence-electron chi connectivity index (χ0n) is 15.0. The Morgan fingerprint density at radius 3 is 3.00 bits per heavy atom. The lowest BCUT2D eigenvalue weighted by molar-refractivity contribution is 0.194. The SMILES string of the molecule is COc1c([C@@H]2CCCN2CCOc2cccc(C#N)c2)c(C)nn1C. The molecule has 0 aliphatic carbocycles. The van der Waals surface area contributed by atoms with Crippen molar-refractivity contribution in [3.05, 3.63) is 41.1 Å². The fourth-order valence-electron chi connectivity index (χ4n) is 3.64. The van der Waals surface area contributed by atoms with Crippen LogP contribution >= 0.6 is 0 Å². The number of rotatable bonds is 6. The maximum absolute atomic E-state index is 8.96. The van der Waals surface area contributed by atoms with Gasteiger partial charge in [0.15, 0.2) is 0 Å². The summed E-state index contributed by atoms with van der Waals surface area (Å²) in [5.41, 5.74) is 2.83. The highest BCUT2D eigenvalue weighted by Gasteiger charge is 2.31. The van der Waals surface area contributed by atoms with Gasteiger partial charge in [-0.1, -0.05) is 6.07 Å². The van der Waals surface area contributed by atoms with Gasteiger partial charge in [0.05, 0.1) is 30.0 Å². The summed E-state index contributed by atoms with van der Waals surface area (Å²) in [7, 11) is 3.62. The van der Waals surface area contributed by atoms with Crippen LogP contribution in [0, 0.1) is 18.3 Å². The quantitative estimate of drug-likeness (QED) is 0.809. The average Bonchev–Trinajstić information content (AvgIpc) is 3.18. The number of hydrogen-bond donors (Lipinski definition) is 0. The molecule has 0 saturated carbocycles. The molecule has 6 nitrogen and oxygen atoms in total.